The van der Waals surface area contributed by atoms with Crippen LogP contribution in [0.2, 0.25) is 0 Å². The van der Waals surface area contributed by atoms with Crippen molar-refractivity contribution in [3.63, 3.8) is 0 Å². The van der Waals surface area contributed by atoms with Crippen molar-refractivity contribution < 1.29 is 9.47 Å². The van der Waals surface area contributed by atoms with Gasteiger partial charge in [0.15, 0.2) is 5.75 Å². The standard InChI is InChI=1S/C39H35N3O2/c1-39(2)27-23-25(41-31-11-3-7-15-35(31)43-36-16-8-4-12-32(36)41)19-21-29(27)40-30-22-20-26(24-28(30)39)42-33-13-5-9-17-37(33)44-38-18-10-6-14-34(38)42/h3-5,7,9-12,15,17-24,33,40H,6,8,13-14,16H2,1-2H3. The van der Waals surface area contributed by atoms with Crippen molar-refractivity contribution in [1.29, 1.82) is 0 Å². The van der Waals surface area contributed by atoms with Gasteiger partial charge in [-0.15, -0.1) is 0 Å². The first-order valence-electron chi connectivity index (χ1n) is 15.8. The molecule has 0 saturated heterocycles. The summed E-state index contributed by atoms with van der Waals surface area (Å²) in [5.41, 5.74) is 10.5. The number of allylic oxidation sites excluding steroid dienone is 8. The van der Waals surface area contributed by atoms with Crippen molar-refractivity contribution in [3.05, 3.63) is 143 Å². The first kappa shape index (κ1) is 25.6. The highest BCUT2D eigenvalue weighted by atomic mass is 16.5. The van der Waals surface area contributed by atoms with E-state index in [0.717, 1.165) is 77.9 Å². The molecule has 0 saturated carbocycles. The minimum absolute atomic E-state index is 0.175. The van der Waals surface area contributed by atoms with E-state index in [1.807, 2.05) is 0 Å². The molecule has 0 spiro atoms. The number of nitrogens with zero attached hydrogens (tertiary/aromatic N) is 2. The van der Waals surface area contributed by atoms with E-state index < -0.39 is 0 Å². The molecule has 1 unspecified atom stereocenters. The van der Waals surface area contributed by atoms with Crippen LogP contribution in [0.1, 0.15) is 57.1 Å². The maximum absolute atomic E-state index is 6.41. The Labute approximate surface area is 258 Å². The number of rotatable bonds is 2. The topological polar surface area (TPSA) is 37.0 Å². The maximum Gasteiger partial charge on any atom is 0.151 e. The third-order valence-corrected chi connectivity index (χ3v) is 9.85. The fourth-order valence-corrected chi connectivity index (χ4v) is 7.64. The van der Waals surface area contributed by atoms with E-state index in [0.29, 0.717) is 0 Å². The van der Waals surface area contributed by atoms with Crippen molar-refractivity contribution in [2.45, 2.75) is 57.4 Å². The number of nitrogens with one attached hydrogen (secondary N) is 1. The Bertz CT molecular complexity index is 1920. The fourth-order valence-electron chi connectivity index (χ4n) is 7.64. The summed E-state index contributed by atoms with van der Waals surface area (Å²) in [4.78, 5) is 4.91. The minimum Gasteiger partial charge on any atom is -0.458 e. The maximum atomic E-state index is 6.41. The summed E-state index contributed by atoms with van der Waals surface area (Å²) in [7, 11) is 0. The molecule has 3 aliphatic heterocycles. The third-order valence-electron chi connectivity index (χ3n) is 9.85. The van der Waals surface area contributed by atoms with E-state index in [1.165, 1.54) is 28.2 Å². The van der Waals surface area contributed by atoms with Gasteiger partial charge in [0.05, 0.1) is 23.1 Å². The molecule has 44 heavy (non-hydrogen) atoms. The Morgan fingerprint density at radius 2 is 1.59 bits per heavy atom. The second kappa shape index (κ2) is 9.55. The lowest BCUT2D eigenvalue weighted by molar-refractivity contribution is 0.258. The molecule has 0 fully saturated rings. The second-order valence-corrected chi connectivity index (χ2v) is 12.8. The lowest BCUT2D eigenvalue weighted by atomic mass is 9.74. The first-order valence-corrected chi connectivity index (χ1v) is 15.8. The zero-order chi connectivity index (χ0) is 29.4. The summed E-state index contributed by atoms with van der Waals surface area (Å²) < 4.78 is 12.8. The van der Waals surface area contributed by atoms with Crippen molar-refractivity contribution in [2.75, 3.05) is 15.1 Å². The molecule has 1 atom stereocenters. The van der Waals surface area contributed by atoms with Gasteiger partial charge in [-0.3, -0.25) is 0 Å². The molecule has 0 amide bonds. The molecule has 5 heteroatoms. The Morgan fingerprint density at radius 3 is 2.48 bits per heavy atom. The van der Waals surface area contributed by atoms with Crippen LogP contribution in [-0.4, -0.2) is 6.04 Å². The summed E-state index contributed by atoms with van der Waals surface area (Å²) in [6.45, 7) is 4.72. The van der Waals surface area contributed by atoms with Gasteiger partial charge in [0.2, 0.25) is 0 Å². The summed E-state index contributed by atoms with van der Waals surface area (Å²) in [6, 6.07) is 22.4. The molecule has 218 valence electrons. The molecular formula is C39H35N3O2. The van der Waals surface area contributed by atoms with Crippen LogP contribution >= 0.6 is 0 Å². The summed E-state index contributed by atoms with van der Waals surface area (Å²) in [5, 5.41) is 3.79. The third kappa shape index (κ3) is 3.78. The number of para-hydroxylation sites is 2. The number of hydrogen-bond acceptors (Lipinski definition) is 5. The van der Waals surface area contributed by atoms with Gasteiger partial charge in [0.25, 0.3) is 0 Å². The van der Waals surface area contributed by atoms with E-state index in [4.69, 9.17) is 9.47 Å². The number of hydrogen-bond donors (Lipinski definition) is 1. The Balaban J connectivity index is 1.15. The van der Waals surface area contributed by atoms with Crippen LogP contribution < -0.4 is 19.9 Å². The summed E-state index contributed by atoms with van der Waals surface area (Å²) >= 11 is 0. The number of ether oxygens (including phenoxy) is 2. The number of anilines is 5. The van der Waals surface area contributed by atoms with E-state index in [-0.39, 0.29) is 11.5 Å². The van der Waals surface area contributed by atoms with Gasteiger partial charge in [0, 0.05) is 34.6 Å². The lowest BCUT2D eigenvalue weighted by Gasteiger charge is -2.43. The smallest absolute Gasteiger partial charge is 0.151 e. The molecule has 3 heterocycles. The quantitative estimate of drug-likeness (QED) is 0.328. The normalized spacial score (nSPS) is 22.0. The van der Waals surface area contributed by atoms with Crippen LogP contribution in [0, 0.1) is 0 Å². The molecule has 9 rings (SSSR count). The monoisotopic (exact) mass is 577 g/mol. The van der Waals surface area contributed by atoms with Gasteiger partial charge in [-0.25, -0.2) is 0 Å². The number of fused-ring (bicyclic) bond motifs is 4. The molecule has 3 aromatic carbocycles. The zero-order valence-corrected chi connectivity index (χ0v) is 25.1. The summed E-state index contributed by atoms with van der Waals surface area (Å²) in [5.74, 6) is 3.96. The SMILES string of the molecule is CC1(C)c2cc(N3C4=C(CCC=C4)Oc4ccccc43)ccc2Nc2ccc(N3C4=C(C=CCC4)OC4=CC=CCC43)cc21. The van der Waals surface area contributed by atoms with Crippen molar-refractivity contribution in [1.82, 2.24) is 0 Å². The predicted molar refractivity (Wildman–Crippen MR) is 177 cm³/mol. The molecular weight excluding hydrogens is 542 g/mol. The van der Waals surface area contributed by atoms with Crippen molar-refractivity contribution in [2.24, 2.45) is 0 Å². The van der Waals surface area contributed by atoms with Gasteiger partial charge in [-0.05, 0) is 104 Å². The van der Waals surface area contributed by atoms with Crippen molar-refractivity contribution >= 4 is 28.4 Å². The van der Waals surface area contributed by atoms with Crippen LogP contribution in [0.4, 0.5) is 28.4 Å². The van der Waals surface area contributed by atoms with Gasteiger partial charge >= 0.3 is 0 Å². The predicted octanol–water partition coefficient (Wildman–Crippen LogP) is 9.77. The zero-order valence-electron chi connectivity index (χ0n) is 25.1. The average molecular weight is 578 g/mol. The Hall–Kier alpha value is -4.90. The highest BCUT2D eigenvalue weighted by Gasteiger charge is 2.38. The van der Waals surface area contributed by atoms with E-state index in [2.05, 4.69) is 132 Å². The molecule has 6 aliphatic rings. The first-order chi connectivity index (χ1) is 21.6. The Morgan fingerprint density at radius 1 is 0.818 bits per heavy atom. The molecule has 3 aliphatic carbocycles. The van der Waals surface area contributed by atoms with E-state index >= 15 is 0 Å². The highest BCUT2D eigenvalue weighted by molar-refractivity contribution is 5.83. The minimum atomic E-state index is -0.228. The van der Waals surface area contributed by atoms with Gasteiger partial charge < -0.3 is 24.6 Å². The fraction of sp³-hybridized carbons (Fsp3) is 0.231. The van der Waals surface area contributed by atoms with Crippen LogP contribution in [0.15, 0.2) is 132 Å². The molecule has 0 aromatic heterocycles. The largest absolute Gasteiger partial charge is 0.458 e. The highest BCUT2D eigenvalue weighted by Crippen LogP contribution is 2.51. The second-order valence-electron chi connectivity index (χ2n) is 12.8. The molecule has 5 nitrogen and oxygen atoms in total. The number of benzene rings is 3. The Kier molecular flexibility index (Phi) is 5.55. The van der Waals surface area contributed by atoms with Crippen molar-refractivity contribution in [3.8, 4) is 5.75 Å². The lowest BCUT2D eigenvalue weighted by Crippen LogP contribution is -2.42. The average Bonchev–Trinajstić information content (AvgIpc) is 3.06. The summed E-state index contributed by atoms with van der Waals surface area (Å²) in [6.07, 6.45) is 20.2. The molecule has 3 aromatic rings. The molecule has 1 N–H and O–H groups in total. The van der Waals surface area contributed by atoms with E-state index in [9.17, 15) is 0 Å². The van der Waals surface area contributed by atoms with Gasteiger partial charge in [-0.1, -0.05) is 50.3 Å². The van der Waals surface area contributed by atoms with E-state index in [1.54, 1.807) is 0 Å². The molecule has 0 bridgehead atoms. The van der Waals surface area contributed by atoms with Crippen LogP contribution in [0.25, 0.3) is 0 Å². The van der Waals surface area contributed by atoms with Crippen LogP contribution in [0.5, 0.6) is 5.75 Å². The van der Waals surface area contributed by atoms with Crippen LogP contribution in [-0.2, 0) is 10.2 Å². The van der Waals surface area contributed by atoms with Crippen LogP contribution in [0.3, 0.4) is 0 Å². The molecule has 0 radical (unpaired) electrons. The van der Waals surface area contributed by atoms with Gasteiger partial charge in [0.1, 0.15) is 17.3 Å². The van der Waals surface area contributed by atoms with Gasteiger partial charge in [-0.2, -0.15) is 0 Å².